The quantitative estimate of drug-likeness (QED) is 0.811. The van der Waals surface area contributed by atoms with Gasteiger partial charge in [0.2, 0.25) is 0 Å². The molecule has 0 aromatic heterocycles. The van der Waals surface area contributed by atoms with Crippen LogP contribution in [0.2, 0.25) is 0 Å². The highest BCUT2D eigenvalue weighted by atomic mass is 19.1. The van der Waals surface area contributed by atoms with Crippen molar-refractivity contribution in [1.29, 1.82) is 0 Å². The van der Waals surface area contributed by atoms with Crippen LogP contribution in [0.4, 0.5) is 14.5 Å². The molecule has 4 heteroatoms. The number of nitrogen functional groups attached to an aromatic ring is 1. The Bertz CT molecular complexity index is 555. The second-order valence-corrected chi connectivity index (χ2v) is 3.55. The highest BCUT2D eigenvalue weighted by molar-refractivity contribution is 5.77. The van der Waals surface area contributed by atoms with Gasteiger partial charge >= 0.3 is 0 Å². The minimum Gasteiger partial charge on any atom is -0.494 e. The van der Waals surface area contributed by atoms with Gasteiger partial charge in [0.1, 0.15) is 5.82 Å². The van der Waals surface area contributed by atoms with Crippen molar-refractivity contribution in [2.45, 2.75) is 0 Å². The normalized spacial score (nSPS) is 10.3. The summed E-state index contributed by atoms with van der Waals surface area (Å²) in [6, 6.07) is 8.58. The van der Waals surface area contributed by atoms with Crippen LogP contribution in [-0.2, 0) is 0 Å². The minimum absolute atomic E-state index is 0.131. The molecule has 0 bridgehead atoms. The zero-order valence-corrected chi connectivity index (χ0v) is 9.21. The summed E-state index contributed by atoms with van der Waals surface area (Å²) in [4.78, 5) is 0. The predicted octanol–water partition coefficient (Wildman–Crippen LogP) is 3.22. The van der Waals surface area contributed by atoms with E-state index in [1.165, 1.54) is 25.3 Å². The number of anilines is 1. The SMILES string of the molecule is COc1cccc(-c2ccc(F)cc2N)c1F. The molecule has 0 saturated carbocycles. The van der Waals surface area contributed by atoms with Crippen LogP contribution in [0.25, 0.3) is 11.1 Å². The molecule has 0 aliphatic carbocycles. The number of benzene rings is 2. The van der Waals surface area contributed by atoms with Crippen LogP contribution in [0.3, 0.4) is 0 Å². The first kappa shape index (κ1) is 11.4. The molecule has 2 aromatic rings. The Morgan fingerprint density at radius 1 is 1.06 bits per heavy atom. The Morgan fingerprint density at radius 2 is 1.82 bits per heavy atom. The van der Waals surface area contributed by atoms with Crippen LogP contribution < -0.4 is 10.5 Å². The molecule has 0 aliphatic rings. The van der Waals surface area contributed by atoms with E-state index in [2.05, 4.69) is 0 Å². The number of rotatable bonds is 2. The molecule has 2 nitrogen and oxygen atoms in total. The Hall–Kier alpha value is -2.10. The van der Waals surface area contributed by atoms with Crippen molar-refractivity contribution in [2.24, 2.45) is 0 Å². The summed E-state index contributed by atoms with van der Waals surface area (Å²) in [5.74, 6) is -0.825. The molecule has 88 valence electrons. The number of methoxy groups -OCH3 is 1. The van der Waals surface area contributed by atoms with Gasteiger partial charge in [-0.2, -0.15) is 0 Å². The monoisotopic (exact) mass is 235 g/mol. The maximum Gasteiger partial charge on any atom is 0.172 e. The molecule has 0 spiro atoms. The van der Waals surface area contributed by atoms with Crippen LogP contribution >= 0.6 is 0 Å². The summed E-state index contributed by atoms with van der Waals surface area (Å²) >= 11 is 0. The second kappa shape index (κ2) is 4.41. The zero-order chi connectivity index (χ0) is 12.4. The summed E-state index contributed by atoms with van der Waals surface area (Å²) < 4.78 is 31.8. The smallest absolute Gasteiger partial charge is 0.172 e. The Balaban J connectivity index is 2.60. The number of ether oxygens (including phenoxy) is 1. The van der Waals surface area contributed by atoms with Gasteiger partial charge in [-0.15, -0.1) is 0 Å². The lowest BCUT2D eigenvalue weighted by Gasteiger charge is -2.09. The lowest BCUT2D eigenvalue weighted by atomic mass is 10.0. The van der Waals surface area contributed by atoms with E-state index >= 15 is 0 Å². The van der Waals surface area contributed by atoms with Crippen molar-refractivity contribution in [1.82, 2.24) is 0 Å². The fraction of sp³-hybridized carbons (Fsp3) is 0.0769. The molecule has 17 heavy (non-hydrogen) atoms. The molecular weight excluding hydrogens is 224 g/mol. The fourth-order valence-corrected chi connectivity index (χ4v) is 1.66. The second-order valence-electron chi connectivity index (χ2n) is 3.55. The summed E-state index contributed by atoms with van der Waals surface area (Å²) in [5, 5.41) is 0. The van der Waals surface area contributed by atoms with E-state index in [-0.39, 0.29) is 11.4 Å². The average molecular weight is 235 g/mol. The van der Waals surface area contributed by atoms with Crippen molar-refractivity contribution in [3.05, 3.63) is 48.0 Å². The standard InChI is InChI=1S/C13H11F2NO/c1-17-12-4-2-3-10(13(12)15)9-6-5-8(14)7-11(9)16/h2-7H,16H2,1H3. The molecule has 0 amide bonds. The lowest BCUT2D eigenvalue weighted by molar-refractivity contribution is 0.387. The Labute approximate surface area is 97.6 Å². The third-order valence-corrected chi connectivity index (χ3v) is 2.49. The molecule has 2 rings (SSSR count). The van der Waals surface area contributed by atoms with Crippen LogP contribution in [0.15, 0.2) is 36.4 Å². The van der Waals surface area contributed by atoms with Gasteiger partial charge in [0.25, 0.3) is 0 Å². The first-order valence-electron chi connectivity index (χ1n) is 5.01. The molecular formula is C13H11F2NO. The average Bonchev–Trinajstić information content (AvgIpc) is 2.30. The number of nitrogens with two attached hydrogens (primary N) is 1. The van der Waals surface area contributed by atoms with E-state index < -0.39 is 11.6 Å². The van der Waals surface area contributed by atoms with Crippen LogP contribution in [0, 0.1) is 11.6 Å². The summed E-state index contributed by atoms with van der Waals surface area (Å²) in [7, 11) is 1.39. The molecule has 0 saturated heterocycles. The maximum absolute atomic E-state index is 14.0. The van der Waals surface area contributed by atoms with Gasteiger partial charge in [-0.05, 0) is 24.3 Å². The van der Waals surface area contributed by atoms with Gasteiger partial charge in [0.05, 0.1) is 7.11 Å². The summed E-state index contributed by atoms with van der Waals surface area (Å²) in [6.45, 7) is 0. The van der Waals surface area contributed by atoms with Gasteiger partial charge in [-0.3, -0.25) is 0 Å². The van der Waals surface area contributed by atoms with Crippen molar-refractivity contribution >= 4 is 5.69 Å². The van der Waals surface area contributed by atoms with E-state index in [0.717, 1.165) is 6.07 Å². The van der Waals surface area contributed by atoms with E-state index in [1.54, 1.807) is 12.1 Å². The fourth-order valence-electron chi connectivity index (χ4n) is 1.66. The third kappa shape index (κ3) is 2.06. The molecule has 2 aromatic carbocycles. The third-order valence-electron chi connectivity index (χ3n) is 2.49. The molecule has 0 fully saturated rings. The largest absolute Gasteiger partial charge is 0.494 e. The minimum atomic E-state index is -0.506. The van der Waals surface area contributed by atoms with Gasteiger partial charge in [0.15, 0.2) is 11.6 Å². The molecule has 0 radical (unpaired) electrons. The lowest BCUT2D eigenvalue weighted by Crippen LogP contribution is -1.95. The van der Waals surface area contributed by atoms with Crippen LogP contribution in [0.5, 0.6) is 5.75 Å². The van der Waals surface area contributed by atoms with Gasteiger partial charge in [0, 0.05) is 16.8 Å². The van der Waals surface area contributed by atoms with Crippen molar-refractivity contribution < 1.29 is 13.5 Å². The number of hydrogen-bond acceptors (Lipinski definition) is 2. The molecule has 0 aliphatic heterocycles. The summed E-state index contributed by atoms with van der Waals surface area (Å²) in [6.07, 6.45) is 0. The highest BCUT2D eigenvalue weighted by Crippen LogP contribution is 2.32. The molecule has 2 N–H and O–H groups in total. The first-order valence-corrected chi connectivity index (χ1v) is 5.01. The van der Waals surface area contributed by atoms with Crippen molar-refractivity contribution in [2.75, 3.05) is 12.8 Å². The van der Waals surface area contributed by atoms with E-state index in [0.29, 0.717) is 11.1 Å². The van der Waals surface area contributed by atoms with Gasteiger partial charge in [-0.25, -0.2) is 8.78 Å². The van der Waals surface area contributed by atoms with Crippen LogP contribution in [0.1, 0.15) is 0 Å². The zero-order valence-electron chi connectivity index (χ0n) is 9.21. The maximum atomic E-state index is 14.0. The number of halogens is 2. The van der Waals surface area contributed by atoms with E-state index in [9.17, 15) is 8.78 Å². The Kier molecular flexibility index (Phi) is 2.95. The number of hydrogen-bond donors (Lipinski definition) is 1. The Morgan fingerprint density at radius 3 is 2.47 bits per heavy atom. The summed E-state index contributed by atoms with van der Waals surface area (Å²) in [5.41, 5.74) is 6.60. The molecule has 0 unspecified atom stereocenters. The van der Waals surface area contributed by atoms with Crippen molar-refractivity contribution in [3.63, 3.8) is 0 Å². The topological polar surface area (TPSA) is 35.2 Å². The van der Waals surface area contributed by atoms with Crippen LogP contribution in [-0.4, -0.2) is 7.11 Å². The highest BCUT2D eigenvalue weighted by Gasteiger charge is 2.12. The van der Waals surface area contributed by atoms with E-state index in [1.807, 2.05) is 0 Å². The molecule has 0 heterocycles. The van der Waals surface area contributed by atoms with Crippen molar-refractivity contribution in [3.8, 4) is 16.9 Å². The van der Waals surface area contributed by atoms with Gasteiger partial charge < -0.3 is 10.5 Å². The predicted molar refractivity (Wildman–Crippen MR) is 62.8 cm³/mol. The first-order chi connectivity index (χ1) is 8.13. The van der Waals surface area contributed by atoms with Gasteiger partial charge in [-0.1, -0.05) is 12.1 Å². The molecule has 0 atom stereocenters. The van der Waals surface area contributed by atoms with E-state index in [4.69, 9.17) is 10.5 Å².